The molecule has 0 amide bonds. The molecule has 9 aromatic carbocycles. The average molecular weight is 664 g/mol. The Bertz CT molecular complexity index is 2910. The summed E-state index contributed by atoms with van der Waals surface area (Å²) in [7, 11) is 0. The summed E-state index contributed by atoms with van der Waals surface area (Å²) in [5, 5.41) is 7.17. The molecule has 0 atom stereocenters. The van der Waals surface area contributed by atoms with Gasteiger partial charge in [-0.25, -0.2) is 0 Å². The minimum Gasteiger partial charge on any atom is -0.456 e. The molecule has 0 N–H and O–H groups in total. The first-order chi connectivity index (χ1) is 25.7. The zero-order chi connectivity index (χ0) is 34.4. The van der Waals surface area contributed by atoms with E-state index in [0.29, 0.717) is 0 Å². The van der Waals surface area contributed by atoms with Crippen LogP contribution in [0.4, 0.5) is 17.1 Å². The lowest BCUT2D eigenvalue weighted by Gasteiger charge is -2.26. The highest BCUT2D eigenvalue weighted by molar-refractivity contribution is 6.06. The van der Waals surface area contributed by atoms with Crippen molar-refractivity contribution in [1.82, 2.24) is 0 Å². The molecule has 0 aliphatic carbocycles. The summed E-state index contributed by atoms with van der Waals surface area (Å²) in [6, 6.07) is 71.8. The first-order valence-electron chi connectivity index (χ1n) is 17.7. The van der Waals surface area contributed by atoms with Crippen LogP contribution in [0.3, 0.4) is 0 Å². The number of nitrogens with zero attached hydrogens (tertiary/aromatic N) is 1. The van der Waals surface area contributed by atoms with Crippen LogP contribution in [0.5, 0.6) is 0 Å². The number of anilines is 3. The molecule has 10 aromatic rings. The molecule has 0 fully saturated rings. The SMILES string of the molecule is c1ccc(-c2ccc3cc(-c4ccc5ccc(N(c6ccccc6)c6cccc(-c7ccc8c(c7)oc7ccccc78)c6)cc5c4)ccc3c2)cc1. The van der Waals surface area contributed by atoms with E-state index in [1.54, 1.807) is 0 Å². The zero-order valence-electron chi connectivity index (χ0n) is 28.4. The summed E-state index contributed by atoms with van der Waals surface area (Å²) in [5.74, 6) is 0. The van der Waals surface area contributed by atoms with Gasteiger partial charge in [-0.3, -0.25) is 0 Å². The number of fused-ring (bicyclic) bond motifs is 5. The molecule has 0 unspecified atom stereocenters. The first kappa shape index (κ1) is 30.0. The normalized spacial score (nSPS) is 11.5. The van der Waals surface area contributed by atoms with Crippen LogP contribution < -0.4 is 4.90 Å². The van der Waals surface area contributed by atoms with Crippen molar-refractivity contribution < 1.29 is 4.42 Å². The molecule has 10 rings (SSSR count). The maximum Gasteiger partial charge on any atom is 0.136 e. The van der Waals surface area contributed by atoms with E-state index in [4.69, 9.17) is 4.42 Å². The van der Waals surface area contributed by atoms with E-state index in [2.05, 4.69) is 193 Å². The molecule has 2 heteroatoms. The number of hydrogen-bond donors (Lipinski definition) is 0. The number of para-hydroxylation sites is 2. The van der Waals surface area contributed by atoms with Gasteiger partial charge in [0.15, 0.2) is 0 Å². The second-order valence-electron chi connectivity index (χ2n) is 13.4. The van der Waals surface area contributed by atoms with Crippen LogP contribution in [0.25, 0.3) is 76.9 Å². The maximum atomic E-state index is 6.25. The average Bonchev–Trinajstić information content (AvgIpc) is 3.59. The van der Waals surface area contributed by atoms with Gasteiger partial charge in [0.05, 0.1) is 0 Å². The molecule has 0 saturated heterocycles. The summed E-state index contributed by atoms with van der Waals surface area (Å²) < 4.78 is 6.25. The van der Waals surface area contributed by atoms with Crippen LogP contribution in [0.15, 0.2) is 205 Å². The van der Waals surface area contributed by atoms with Gasteiger partial charge in [-0.05, 0) is 128 Å². The van der Waals surface area contributed by atoms with Gasteiger partial charge in [0.25, 0.3) is 0 Å². The molecule has 1 aromatic heterocycles. The highest BCUT2D eigenvalue weighted by atomic mass is 16.3. The van der Waals surface area contributed by atoms with Crippen LogP contribution in [0.1, 0.15) is 0 Å². The van der Waals surface area contributed by atoms with Crippen molar-refractivity contribution in [1.29, 1.82) is 0 Å². The monoisotopic (exact) mass is 663 g/mol. The summed E-state index contributed by atoms with van der Waals surface area (Å²) in [4.78, 5) is 2.34. The Morgan fingerprint density at radius 2 is 0.788 bits per heavy atom. The first-order valence-corrected chi connectivity index (χ1v) is 17.7. The Labute approximate surface area is 302 Å². The Morgan fingerprint density at radius 1 is 0.269 bits per heavy atom. The lowest BCUT2D eigenvalue weighted by atomic mass is 9.96. The molecule has 1 heterocycles. The smallest absolute Gasteiger partial charge is 0.136 e. The van der Waals surface area contributed by atoms with Crippen LogP contribution in [0.2, 0.25) is 0 Å². The Morgan fingerprint density at radius 3 is 1.58 bits per heavy atom. The fourth-order valence-corrected chi connectivity index (χ4v) is 7.54. The minimum absolute atomic E-state index is 0.901. The van der Waals surface area contributed by atoms with Gasteiger partial charge >= 0.3 is 0 Å². The molecular formula is C50H33NO. The van der Waals surface area contributed by atoms with Crippen molar-refractivity contribution in [3.05, 3.63) is 200 Å². The summed E-state index contributed by atoms with van der Waals surface area (Å²) in [6.45, 7) is 0. The highest BCUT2D eigenvalue weighted by Gasteiger charge is 2.15. The lowest BCUT2D eigenvalue weighted by Crippen LogP contribution is -2.09. The molecule has 0 aliphatic rings. The highest BCUT2D eigenvalue weighted by Crippen LogP contribution is 2.40. The third-order valence-corrected chi connectivity index (χ3v) is 10.2. The standard InChI is InChI=1S/C50H33NO/c1-3-10-34(11-4-1)37-20-21-39-29-40(23-22-38(39)28-37)41-19-18-35-24-26-46(32-43(35)30-41)51(44-13-5-2-6-14-44)45-15-9-12-36(31-45)42-25-27-48-47-16-7-8-17-49(47)52-50(48)33-42/h1-33H. The Balaban J connectivity index is 1.03. The zero-order valence-corrected chi connectivity index (χ0v) is 28.4. The van der Waals surface area contributed by atoms with Crippen molar-refractivity contribution in [2.75, 3.05) is 4.90 Å². The number of hydrogen-bond acceptors (Lipinski definition) is 2. The molecule has 0 aliphatic heterocycles. The van der Waals surface area contributed by atoms with Gasteiger partial charge in [0.2, 0.25) is 0 Å². The molecule has 244 valence electrons. The largest absolute Gasteiger partial charge is 0.456 e. The van der Waals surface area contributed by atoms with E-state index < -0.39 is 0 Å². The molecule has 52 heavy (non-hydrogen) atoms. The topological polar surface area (TPSA) is 16.4 Å². The predicted molar refractivity (Wildman–Crippen MR) is 220 cm³/mol. The minimum atomic E-state index is 0.901. The van der Waals surface area contributed by atoms with Gasteiger partial charge in [0.1, 0.15) is 11.2 Å². The van der Waals surface area contributed by atoms with Crippen LogP contribution in [-0.4, -0.2) is 0 Å². The van der Waals surface area contributed by atoms with Crippen molar-refractivity contribution in [2.24, 2.45) is 0 Å². The van der Waals surface area contributed by atoms with Gasteiger partial charge in [-0.2, -0.15) is 0 Å². The van der Waals surface area contributed by atoms with E-state index >= 15 is 0 Å². The van der Waals surface area contributed by atoms with Crippen molar-refractivity contribution in [3.8, 4) is 33.4 Å². The lowest BCUT2D eigenvalue weighted by molar-refractivity contribution is 0.669. The summed E-state index contributed by atoms with van der Waals surface area (Å²) in [6.07, 6.45) is 0. The summed E-state index contributed by atoms with van der Waals surface area (Å²) in [5.41, 5.74) is 12.3. The molecule has 0 bridgehead atoms. The summed E-state index contributed by atoms with van der Waals surface area (Å²) >= 11 is 0. The predicted octanol–water partition coefficient (Wildman–Crippen LogP) is 14.4. The van der Waals surface area contributed by atoms with Crippen molar-refractivity contribution in [2.45, 2.75) is 0 Å². The fraction of sp³-hybridized carbons (Fsp3) is 0. The van der Waals surface area contributed by atoms with E-state index in [1.165, 1.54) is 43.8 Å². The molecule has 0 radical (unpaired) electrons. The maximum absolute atomic E-state index is 6.25. The van der Waals surface area contributed by atoms with Crippen LogP contribution in [-0.2, 0) is 0 Å². The van der Waals surface area contributed by atoms with Crippen molar-refractivity contribution in [3.63, 3.8) is 0 Å². The molecule has 2 nitrogen and oxygen atoms in total. The molecule has 0 saturated carbocycles. The van der Waals surface area contributed by atoms with Crippen LogP contribution in [0, 0.1) is 0 Å². The Kier molecular flexibility index (Phi) is 7.18. The number of rotatable bonds is 6. The fourth-order valence-electron chi connectivity index (χ4n) is 7.54. The van der Waals surface area contributed by atoms with E-state index in [-0.39, 0.29) is 0 Å². The third-order valence-electron chi connectivity index (χ3n) is 10.2. The van der Waals surface area contributed by atoms with Gasteiger partial charge in [0, 0.05) is 27.8 Å². The van der Waals surface area contributed by atoms with E-state index in [1.807, 2.05) is 12.1 Å². The molecule has 0 spiro atoms. The van der Waals surface area contributed by atoms with E-state index in [9.17, 15) is 0 Å². The number of furan rings is 1. The quantitative estimate of drug-likeness (QED) is 0.176. The van der Waals surface area contributed by atoms with Gasteiger partial charge in [-0.1, -0.05) is 127 Å². The third kappa shape index (κ3) is 5.39. The van der Waals surface area contributed by atoms with Gasteiger partial charge in [-0.15, -0.1) is 0 Å². The van der Waals surface area contributed by atoms with E-state index in [0.717, 1.165) is 50.1 Å². The Hall–Kier alpha value is -6.90. The second-order valence-corrected chi connectivity index (χ2v) is 13.4. The van der Waals surface area contributed by atoms with Gasteiger partial charge < -0.3 is 9.32 Å². The number of benzene rings is 9. The molecular weight excluding hydrogens is 631 g/mol. The van der Waals surface area contributed by atoms with Crippen molar-refractivity contribution >= 4 is 60.5 Å². The van der Waals surface area contributed by atoms with Crippen LogP contribution >= 0.6 is 0 Å². The second kappa shape index (κ2) is 12.5.